The Morgan fingerprint density at radius 3 is 1.62 bits per heavy atom. The molecule has 1 fully saturated rings. The molecule has 6 heteroatoms. The first kappa shape index (κ1) is 20.1. The summed E-state index contributed by atoms with van der Waals surface area (Å²) >= 11 is 0. The molecule has 0 amide bonds. The lowest BCUT2D eigenvalue weighted by Crippen LogP contribution is -1.89. The van der Waals surface area contributed by atoms with Crippen LogP contribution in [0.2, 0.25) is 0 Å². The molecule has 96 valence electrons. The molecule has 1 aliphatic rings. The number of allylic oxidation sites excluding steroid dienone is 1. The van der Waals surface area contributed by atoms with Crippen molar-refractivity contribution in [1.29, 1.82) is 0 Å². The fourth-order valence-corrected chi connectivity index (χ4v) is 0.0962. The Hall–Kier alpha value is -1.40. The molecular weight excluding hydrogens is 216 g/mol. The van der Waals surface area contributed by atoms with Gasteiger partial charge in [-0.05, 0) is 13.8 Å². The molecule has 0 spiro atoms. The van der Waals surface area contributed by atoms with Crippen LogP contribution >= 0.6 is 0 Å². The van der Waals surface area contributed by atoms with Crippen LogP contribution in [0.5, 0.6) is 0 Å². The molecule has 6 nitrogen and oxygen atoms in total. The monoisotopic (exact) mass is 236 g/mol. The first-order valence-electron chi connectivity index (χ1n) is 4.51. The fraction of sp³-hybridized carbons (Fsp3) is 0.600. The average Bonchev–Trinajstić information content (AvgIpc) is 2.89. The van der Waals surface area contributed by atoms with Crippen LogP contribution in [0.3, 0.4) is 0 Å². The van der Waals surface area contributed by atoms with Gasteiger partial charge in [-0.3, -0.25) is 4.79 Å². The maximum absolute atomic E-state index is 9.34. The molecule has 0 bridgehead atoms. The molecule has 1 rings (SSSR count). The molecule has 0 aromatic heterocycles. The van der Waals surface area contributed by atoms with E-state index in [1.54, 1.807) is 6.08 Å². The van der Waals surface area contributed by atoms with Gasteiger partial charge >= 0.3 is 5.97 Å². The van der Waals surface area contributed by atoms with Crippen molar-refractivity contribution in [3.8, 4) is 0 Å². The van der Waals surface area contributed by atoms with Gasteiger partial charge in [-0.1, -0.05) is 6.08 Å². The summed E-state index contributed by atoms with van der Waals surface area (Å²) < 4.78 is 4.71. The van der Waals surface area contributed by atoms with Crippen LogP contribution in [0.1, 0.15) is 27.7 Å². The summed E-state index contributed by atoms with van der Waals surface area (Å²) in [5.41, 5.74) is 0. The van der Waals surface area contributed by atoms with Crippen LogP contribution in [0.4, 0.5) is 0 Å². The minimum absolute atomic E-state index is 0.583. The SMILES string of the molecule is C=CC.CC(=O)O.CC(=O)OO.CC1CO1. The van der Waals surface area contributed by atoms with Crippen LogP contribution in [-0.2, 0) is 19.2 Å². The van der Waals surface area contributed by atoms with Crippen LogP contribution in [0, 0.1) is 0 Å². The standard InChI is InChI=1S/C3H6O.C3H6.C2H4O3.C2H4O2/c1-3-2-4-3;1-3-2;1-2(3)5-4;1-2(3)4/h3H,2H2,1H3;3H,1H2,2H3;4H,1H3;1H3,(H,3,4). The minimum atomic E-state index is -0.833. The van der Waals surface area contributed by atoms with Gasteiger partial charge in [-0.25, -0.2) is 4.79 Å². The third kappa shape index (κ3) is 131. The second-order valence-corrected chi connectivity index (χ2v) is 2.65. The van der Waals surface area contributed by atoms with E-state index in [9.17, 15) is 4.79 Å². The largest absolute Gasteiger partial charge is 0.481 e. The summed E-state index contributed by atoms with van der Waals surface area (Å²) in [4.78, 5) is 21.5. The third-order valence-electron chi connectivity index (χ3n) is 0.629. The lowest BCUT2D eigenvalue weighted by Gasteiger charge is -1.76. The lowest BCUT2D eigenvalue weighted by molar-refractivity contribution is -0.231. The van der Waals surface area contributed by atoms with Gasteiger partial charge in [-0.15, -0.1) is 6.58 Å². The zero-order valence-electron chi connectivity index (χ0n) is 10.1. The van der Waals surface area contributed by atoms with Crippen molar-refractivity contribution >= 4 is 11.9 Å². The number of carbonyl (C=O) groups is 2. The van der Waals surface area contributed by atoms with Crippen LogP contribution < -0.4 is 0 Å². The van der Waals surface area contributed by atoms with Crippen LogP contribution in [0.25, 0.3) is 0 Å². The number of rotatable bonds is 0. The first-order chi connectivity index (χ1) is 7.31. The molecule has 0 aliphatic carbocycles. The molecule has 1 atom stereocenters. The zero-order chi connectivity index (χ0) is 13.6. The molecule has 1 unspecified atom stereocenters. The number of ether oxygens (including phenoxy) is 1. The number of carbonyl (C=O) groups excluding carboxylic acids is 1. The normalized spacial score (nSPS) is 14.4. The minimum Gasteiger partial charge on any atom is -0.481 e. The van der Waals surface area contributed by atoms with Gasteiger partial charge in [-0.2, -0.15) is 5.26 Å². The van der Waals surface area contributed by atoms with E-state index in [2.05, 4.69) is 18.4 Å². The molecule has 16 heavy (non-hydrogen) atoms. The zero-order valence-corrected chi connectivity index (χ0v) is 10.1. The van der Waals surface area contributed by atoms with Crippen molar-refractivity contribution in [3.63, 3.8) is 0 Å². The summed E-state index contributed by atoms with van der Waals surface area (Å²) in [6, 6.07) is 0. The highest BCUT2D eigenvalue weighted by Crippen LogP contribution is 2.04. The molecule has 0 saturated carbocycles. The second kappa shape index (κ2) is 16.0. The van der Waals surface area contributed by atoms with Gasteiger partial charge < -0.3 is 14.7 Å². The molecule has 0 aromatic carbocycles. The smallest absolute Gasteiger partial charge is 0.339 e. The summed E-state index contributed by atoms with van der Waals surface area (Å²) in [5.74, 6) is -1.52. The molecule has 1 heterocycles. The molecule has 0 radical (unpaired) electrons. The van der Waals surface area contributed by atoms with Gasteiger partial charge in [0.2, 0.25) is 0 Å². The van der Waals surface area contributed by atoms with Crippen molar-refractivity contribution in [1.82, 2.24) is 0 Å². The Labute approximate surface area is 95.4 Å². The molecule has 2 N–H and O–H groups in total. The van der Waals surface area contributed by atoms with Gasteiger partial charge in [0.15, 0.2) is 0 Å². The second-order valence-electron chi connectivity index (χ2n) is 2.65. The summed E-state index contributed by atoms with van der Waals surface area (Å²) in [6.45, 7) is 10.5. The summed E-state index contributed by atoms with van der Waals surface area (Å²) in [6.07, 6.45) is 2.33. The van der Waals surface area contributed by atoms with E-state index in [0.717, 1.165) is 20.5 Å². The van der Waals surface area contributed by atoms with Gasteiger partial charge in [0.25, 0.3) is 5.97 Å². The van der Waals surface area contributed by atoms with E-state index in [-0.39, 0.29) is 0 Å². The van der Waals surface area contributed by atoms with Crippen molar-refractivity contribution < 1.29 is 29.6 Å². The van der Waals surface area contributed by atoms with E-state index in [4.69, 9.17) is 19.9 Å². The van der Waals surface area contributed by atoms with Crippen LogP contribution in [-0.4, -0.2) is 35.0 Å². The van der Waals surface area contributed by atoms with Crippen LogP contribution in [0.15, 0.2) is 12.7 Å². The number of epoxide rings is 1. The first-order valence-corrected chi connectivity index (χ1v) is 4.51. The Morgan fingerprint density at radius 1 is 1.50 bits per heavy atom. The number of aliphatic carboxylic acids is 1. The number of hydrogen-bond acceptors (Lipinski definition) is 5. The predicted molar refractivity (Wildman–Crippen MR) is 59.0 cm³/mol. The lowest BCUT2D eigenvalue weighted by atomic mass is 10.6. The Morgan fingerprint density at radius 2 is 1.62 bits per heavy atom. The van der Waals surface area contributed by atoms with Gasteiger partial charge in [0.05, 0.1) is 12.7 Å². The number of carboxylic acid groups (broad SMARTS) is 1. The highest BCUT2D eigenvalue weighted by Gasteiger charge is 2.13. The van der Waals surface area contributed by atoms with Crippen molar-refractivity contribution in [2.75, 3.05) is 6.61 Å². The van der Waals surface area contributed by atoms with E-state index in [0.29, 0.717) is 6.10 Å². The van der Waals surface area contributed by atoms with E-state index >= 15 is 0 Å². The molecular formula is C10H20O6. The summed E-state index contributed by atoms with van der Waals surface area (Å²) in [7, 11) is 0. The average molecular weight is 236 g/mol. The third-order valence-corrected chi connectivity index (χ3v) is 0.629. The number of hydrogen-bond donors (Lipinski definition) is 2. The topological polar surface area (TPSA) is 96.4 Å². The molecule has 1 saturated heterocycles. The molecule has 0 aromatic rings. The quantitative estimate of drug-likeness (QED) is 0.287. The van der Waals surface area contributed by atoms with Gasteiger partial charge in [0, 0.05) is 13.8 Å². The maximum Gasteiger partial charge on any atom is 0.339 e. The highest BCUT2D eigenvalue weighted by molar-refractivity contribution is 5.64. The van der Waals surface area contributed by atoms with Crippen molar-refractivity contribution in [2.45, 2.75) is 33.8 Å². The van der Waals surface area contributed by atoms with E-state index < -0.39 is 11.9 Å². The maximum atomic E-state index is 9.34. The van der Waals surface area contributed by atoms with E-state index in [1.165, 1.54) is 0 Å². The fourth-order valence-electron chi connectivity index (χ4n) is 0.0962. The Bertz CT molecular complexity index is 182. The highest BCUT2D eigenvalue weighted by atomic mass is 17.1. The number of carboxylic acids is 1. The summed E-state index contributed by atoms with van der Waals surface area (Å²) in [5, 5.41) is 14.7. The predicted octanol–water partition coefficient (Wildman–Crippen LogP) is 1.71. The van der Waals surface area contributed by atoms with E-state index in [1.807, 2.05) is 6.92 Å². The van der Waals surface area contributed by atoms with Crippen molar-refractivity contribution in [2.24, 2.45) is 0 Å². The molecule has 1 aliphatic heterocycles. The van der Waals surface area contributed by atoms with Gasteiger partial charge in [0.1, 0.15) is 0 Å². The Balaban J connectivity index is -0.000000143. The Kier molecular flexibility index (Phi) is 20.1. The van der Waals surface area contributed by atoms with Crippen molar-refractivity contribution in [3.05, 3.63) is 12.7 Å².